The number of amides is 1. The Balaban J connectivity index is 2.33. The van der Waals surface area contributed by atoms with Crippen molar-refractivity contribution < 1.29 is 9.90 Å². The highest BCUT2D eigenvalue weighted by Gasteiger charge is 2.26. The fourth-order valence-corrected chi connectivity index (χ4v) is 2.49. The van der Waals surface area contributed by atoms with E-state index in [2.05, 4.69) is 5.32 Å². The molecule has 4 N–H and O–H groups in total. The Morgan fingerprint density at radius 1 is 1.53 bits per heavy atom. The van der Waals surface area contributed by atoms with E-state index in [0.717, 1.165) is 16.1 Å². The van der Waals surface area contributed by atoms with Gasteiger partial charge in [-0.05, 0) is 31.5 Å². The molecule has 0 aromatic heterocycles. The molecule has 0 radical (unpaired) electrons. The molecule has 0 saturated carbocycles. The van der Waals surface area contributed by atoms with Crippen molar-refractivity contribution >= 4 is 23.4 Å². The van der Waals surface area contributed by atoms with Crippen LogP contribution in [0.25, 0.3) is 0 Å². The molecule has 2 rings (SSSR count). The lowest BCUT2D eigenvalue weighted by atomic mass is 9.92. The second-order valence-electron chi connectivity index (χ2n) is 4.82. The van der Waals surface area contributed by atoms with Gasteiger partial charge in [0.2, 0.25) is 5.91 Å². The van der Waals surface area contributed by atoms with Gasteiger partial charge in [0, 0.05) is 10.4 Å². The van der Waals surface area contributed by atoms with Crippen LogP contribution in [0.1, 0.15) is 25.5 Å². The van der Waals surface area contributed by atoms with Crippen LogP contribution in [0.15, 0.2) is 23.1 Å². The van der Waals surface area contributed by atoms with Crippen LogP contribution in [0, 0.1) is 0 Å². The molecule has 0 fully saturated rings. The first-order valence-electron chi connectivity index (χ1n) is 5.41. The topological polar surface area (TPSA) is 75.3 Å². The summed E-state index contributed by atoms with van der Waals surface area (Å²) < 4.78 is 0. The molecule has 5 heteroatoms. The fourth-order valence-electron chi connectivity index (χ4n) is 1.70. The highest BCUT2D eigenvalue weighted by atomic mass is 32.2. The summed E-state index contributed by atoms with van der Waals surface area (Å²) in [5, 5.41) is 12.9. The van der Waals surface area contributed by atoms with Gasteiger partial charge >= 0.3 is 0 Å². The fraction of sp³-hybridized carbons (Fsp3) is 0.417. The van der Waals surface area contributed by atoms with E-state index in [1.54, 1.807) is 19.9 Å². The molecule has 1 aliphatic rings. The number of carbonyl (C=O) groups excluding carboxylic acids is 1. The van der Waals surface area contributed by atoms with Crippen LogP contribution in [-0.2, 0) is 4.79 Å². The molecule has 1 heterocycles. The van der Waals surface area contributed by atoms with Gasteiger partial charge in [0.05, 0.1) is 17.5 Å². The van der Waals surface area contributed by atoms with Crippen molar-refractivity contribution in [3.63, 3.8) is 0 Å². The maximum atomic E-state index is 11.3. The number of thioether (sulfide) groups is 1. The molecule has 1 aliphatic heterocycles. The van der Waals surface area contributed by atoms with Crippen LogP contribution < -0.4 is 11.1 Å². The minimum absolute atomic E-state index is 0.0128. The van der Waals surface area contributed by atoms with E-state index in [1.165, 1.54) is 11.8 Å². The van der Waals surface area contributed by atoms with Crippen molar-refractivity contribution in [1.82, 2.24) is 0 Å². The lowest BCUT2D eigenvalue weighted by molar-refractivity contribution is -0.113. The van der Waals surface area contributed by atoms with Crippen LogP contribution in [-0.4, -0.2) is 22.3 Å². The molecule has 92 valence electrons. The van der Waals surface area contributed by atoms with Gasteiger partial charge in [-0.3, -0.25) is 4.79 Å². The van der Waals surface area contributed by atoms with Gasteiger partial charge in [0.15, 0.2) is 0 Å². The predicted molar refractivity (Wildman–Crippen MR) is 69.0 cm³/mol. The van der Waals surface area contributed by atoms with Crippen LogP contribution in [0.4, 0.5) is 5.69 Å². The van der Waals surface area contributed by atoms with E-state index in [0.29, 0.717) is 5.75 Å². The number of nitrogens with one attached hydrogen (secondary N) is 1. The van der Waals surface area contributed by atoms with Gasteiger partial charge in [0.25, 0.3) is 0 Å². The first kappa shape index (κ1) is 12.4. The van der Waals surface area contributed by atoms with E-state index in [9.17, 15) is 9.90 Å². The summed E-state index contributed by atoms with van der Waals surface area (Å²) >= 11 is 1.50. The minimum Gasteiger partial charge on any atom is -0.387 e. The molecule has 0 bridgehead atoms. The number of benzene rings is 1. The van der Waals surface area contributed by atoms with Gasteiger partial charge in [0.1, 0.15) is 0 Å². The average molecular weight is 252 g/mol. The largest absolute Gasteiger partial charge is 0.387 e. The quantitative estimate of drug-likeness (QED) is 0.745. The van der Waals surface area contributed by atoms with Crippen LogP contribution in [0.5, 0.6) is 0 Å². The minimum atomic E-state index is -0.753. The third kappa shape index (κ3) is 2.62. The number of hydrogen-bond acceptors (Lipinski definition) is 4. The van der Waals surface area contributed by atoms with Crippen molar-refractivity contribution in [3.05, 3.63) is 23.8 Å². The van der Waals surface area contributed by atoms with Crippen molar-refractivity contribution in [2.45, 2.75) is 30.4 Å². The van der Waals surface area contributed by atoms with Gasteiger partial charge < -0.3 is 16.2 Å². The highest BCUT2D eigenvalue weighted by molar-refractivity contribution is 8.00. The summed E-state index contributed by atoms with van der Waals surface area (Å²) in [6.45, 7) is 3.54. The molecule has 17 heavy (non-hydrogen) atoms. The molecule has 1 aromatic rings. The molecule has 0 spiro atoms. The molecular formula is C12H16N2O2S. The Hall–Kier alpha value is -1.04. The summed E-state index contributed by atoms with van der Waals surface area (Å²) in [6, 6.07) is 5.55. The highest BCUT2D eigenvalue weighted by Crippen LogP contribution is 2.34. The van der Waals surface area contributed by atoms with Gasteiger partial charge in [-0.15, -0.1) is 11.8 Å². The van der Waals surface area contributed by atoms with Gasteiger partial charge in [-0.2, -0.15) is 0 Å². The predicted octanol–water partition coefficient (Wildman–Crippen LogP) is 1.50. The SMILES string of the molecule is CC(C)(N)C(O)c1ccc2c(c1)NC(=O)CS2. The smallest absolute Gasteiger partial charge is 0.234 e. The Morgan fingerprint density at radius 2 is 2.24 bits per heavy atom. The molecule has 1 aromatic carbocycles. The first-order chi connectivity index (χ1) is 7.88. The Morgan fingerprint density at radius 3 is 2.88 bits per heavy atom. The molecule has 1 atom stereocenters. The zero-order chi connectivity index (χ0) is 12.6. The monoisotopic (exact) mass is 252 g/mol. The average Bonchev–Trinajstić information content (AvgIpc) is 2.25. The van der Waals surface area contributed by atoms with Crippen LogP contribution >= 0.6 is 11.8 Å². The van der Waals surface area contributed by atoms with Gasteiger partial charge in [-0.25, -0.2) is 0 Å². The summed E-state index contributed by atoms with van der Waals surface area (Å²) in [5.74, 6) is 0.429. The van der Waals surface area contributed by atoms with Crippen LogP contribution in [0.2, 0.25) is 0 Å². The van der Waals surface area contributed by atoms with Crippen molar-refractivity contribution in [3.8, 4) is 0 Å². The standard InChI is InChI=1S/C12H16N2O2S/c1-12(2,13)11(16)7-3-4-9-8(5-7)14-10(15)6-17-9/h3-5,11,16H,6,13H2,1-2H3,(H,14,15). The maximum Gasteiger partial charge on any atom is 0.234 e. The number of carbonyl (C=O) groups is 1. The van der Waals surface area contributed by atoms with Crippen molar-refractivity contribution in [2.24, 2.45) is 5.73 Å². The molecule has 1 amide bonds. The summed E-state index contributed by atoms with van der Waals surface area (Å²) in [6.07, 6.45) is -0.753. The zero-order valence-electron chi connectivity index (χ0n) is 9.86. The van der Waals surface area contributed by atoms with Crippen LogP contribution in [0.3, 0.4) is 0 Å². The lowest BCUT2D eigenvalue weighted by Crippen LogP contribution is -2.39. The van der Waals surface area contributed by atoms with E-state index in [4.69, 9.17) is 5.73 Å². The number of nitrogens with two attached hydrogens (primary N) is 1. The molecule has 1 unspecified atom stereocenters. The van der Waals surface area contributed by atoms with E-state index >= 15 is 0 Å². The summed E-state index contributed by atoms with van der Waals surface area (Å²) in [4.78, 5) is 12.3. The Bertz CT molecular complexity index is 454. The van der Waals surface area contributed by atoms with Gasteiger partial charge in [-0.1, -0.05) is 6.07 Å². The summed E-state index contributed by atoms with van der Waals surface area (Å²) in [5.41, 5.74) is 6.64. The molecular weight excluding hydrogens is 236 g/mol. The first-order valence-corrected chi connectivity index (χ1v) is 6.40. The lowest BCUT2D eigenvalue weighted by Gasteiger charge is -2.27. The van der Waals surface area contributed by atoms with Crippen molar-refractivity contribution in [2.75, 3.05) is 11.1 Å². The second kappa shape index (κ2) is 4.33. The number of aliphatic hydroxyl groups is 1. The third-order valence-corrected chi connectivity index (χ3v) is 3.73. The molecule has 0 aliphatic carbocycles. The number of anilines is 1. The molecule has 0 saturated heterocycles. The zero-order valence-corrected chi connectivity index (χ0v) is 10.7. The number of hydrogen-bond donors (Lipinski definition) is 3. The Labute approximate surface area is 105 Å². The third-order valence-electron chi connectivity index (χ3n) is 2.66. The summed E-state index contributed by atoms with van der Waals surface area (Å²) in [7, 11) is 0. The van der Waals surface area contributed by atoms with Crippen molar-refractivity contribution in [1.29, 1.82) is 0 Å². The number of rotatable bonds is 2. The van der Waals surface area contributed by atoms with E-state index < -0.39 is 11.6 Å². The maximum absolute atomic E-state index is 11.3. The number of aliphatic hydroxyl groups excluding tert-OH is 1. The molecule has 4 nitrogen and oxygen atoms in total. The van der Waals surface area contributed by atoms with E-state index in [1.807, 2.05) is 12.1 Å². The Kier molecular flexibility index (Phi) is 3.16. The normalized spacial score (nSPS) is 17.3. The number of fused-ring (bicyclic) bond motifs is 1. The van der Waals surface area contributed by atoms with E-state index in [-0.39, 0.29) is 5.91 Å². The second-order valence-corrected chi connectivity index (χ2v) is 5.83.